The molecule has 4 rings (SSSR count). The van der Waals surface area contributed by atoms with Gasteiger partial charge in [0.05, 0.1) is 5.57 Å². The van der Waals surface area contributed by atoms with Crippen LogP contribution in [-0.2, 0) is 11.2 Å². The lowest BCUT2D eigenvalue weighted by molar-refractivity contribution is -0.117. The SMILES string of the molecule is CCN=CC(=CN)CNC(=O)C1=C(C)NC(Nc2nc3cccc(CC)c3o2)=NC1c1ccc(Cl)cc1Cl. The van der Waals surface area contributed by atoms with E-state index in [1.165, 1.54) is 6.20 Å². The van der Waals surface area contributed by atoms with Crippen LogP contribution in [0.2, 0.25) is 10.0 Å². The molecule has 9 nitrogen and oxygen atoms in total. The monoisotopic (exact) mass is 553 g/mol. The lowest BCUT2D eigenvalue weighted by Gasteiger charge is -2.27. The van der Waals surface area contributed by atoms with Crippen LogP contribution in [-0.4, -0.2) is 36.2 Å². The van der Waals surface area contributed by atoms with Crippen LogP contribution in [0.3, 0.4) is 0 Å². The molecule has 38 heavy (non-hydrogen) atoms. The number of fused-ring (bicyclic) bond motifs is 1. The van der Waals surface area contributed by atoms with Crippen LogP contribution < -0.4 is 21.7 Å². The van der Waals surface area contributed by atoms with Gasteiger partial charge in [-0.3, -0.25) is 15.1 Å². The van der Waals surface area contributed by atoms with Crippen molar-refractivity contribution in [2.45, 2.75) is 33.2 Å². The molecule has 5 N–H and O–H groups in total. The van der Waals surface area contributed by atoms with E-state index in [9.17, 15) is 4.79 Å². The summed E-state index contributed by atoms with van der Waals surface area (Å²) in [5.41, 5.74) is 10.5. The van der Waals surface area contributed by atoms with E-state index in [1.807, 2.05) is 25.1 Å². The number of carbonyl (C=O) groups excluding carboxylic acids is 1. The molecule has 0 aliphatic carbocycles. The fraction of sp³-hybridized carbons (Fsp3) is 0.259. The summed E-state index contributed by atoms with van der Waals surface area (Å²) in [5.74, 6) is 0.0322. The molecular weight excluding hydrogens is 525 g/mol. The van der Waals surface area contributed by atoms with E-state index < -0.39 is 6.04 Å². The summed E-state index contributed by atoms with van der Waals surface area (Å²) in [6.07, 6.45) is 3.87. The van der Waals surface area contributed by atoms with E-state index in [-0.39, 0.29) is 18.5 Å². The highest BCUT2D eigenvalue weighted by molar-refractivity contribution is 6.35. The van der Waals surface area contributed by atoms with Crippen LogP contribution in [0.5, 0.6) is 0 Å². The molecule has 0 saturated heterocycles. The van der Waals surface area contributed by atoms with Crippen LogP contribution in [0.25, 0.3) is 11.1 Å². The Morgan fingerprint density at radius 1 is 1.26 bits per heavy atom. The first-order valence-electron chi connectivity index (χ1n) is 12.2. The second kappa shape index (κ2) is 12.1. The Kier molecular flexibility index (Phi) is 8.70. The Morgan fingerprint density at radius 3 is 2.79 bits per heavy atom. The number of anilines is 1. The third-order valence-electron chi connectivity index (χ3n) is 5.95. The molecule has 1 atom stereocenters. The first-order chi connectivity index (χ1) is 18.3. The second-order valence-corrected chi connectivity index (χ2v) is 9.37. The van der Waals surface area contributed by atoms with E-state index >= 15 is 0 Å². The zero-order chi connectivity index (χ0) is 27.2. The van der Waals surface area contributed by atoms with Gasteiger partial charge in [-0.25, -0.2) is 4.99 Å². The highest BCUT2D eigenvalue weighted by atomic mass is 35.5. The number of nitrogens with two attached hydrogens (primary N) is 1. The topological polar surface area (TPSA) is 130 Å². The number of hydrogen-bond donors (Lipinski definition) is 4. The summed E-state index contributed by atoms with van der Waals surface area (Å²) in [6.45, 7) is 6.58. The molecule has 0 radical (unpaired) electrons. The largest absolute Gasteiger partial charge is 0.423 e. The van der Waals surface area contributed by atoms with Crippen molar-refractivity contribution in [3.8, 4) is 0 Å². The van der Waals surface area contributed by atoms with Gasteiger partial charge in [0.15, 0.2) is 5.58 Å². The third-order valence-corrected chi connectivity index (χ3v) is 6.52. The van der Waals surface area contributed by atoms with E-state index in [0.29, 0.717) is 50.5 Å². The summed E-state index contributed by atoms with van der Waals surface area (Å²) in [6, 6.07) is 10.5. The minimum Gasteiger partial charge on any atom is -0.423 e. The standard InChI is InChI=1S/C27H29Cl2N7O2/c1-4-17-7-6-8-21-24(17)38-27(34-21)36-26-33-15(3)22(25(37)32-14-16(12-30)13-31-5-2)23(35-26)19-10-9-18(28)11-20(19)29/h6-13,23H,4-5,14,30H2,1-3H3,(H,32,37)(H2,33,34,35,36). The summed E-state index contributed by atoms with van der Waals surface area (Å²) < 4.78 is 5.98. The molecule has 0 fully saturated rings. The highest BCUT2D eigenvalue weighted by Gasteiger charge is 2.31. The van der Waals surface area contributed by atoms with E-state index in [0.717, 1.165) is 17.5 Å². The zero-order valence-corrected chi connectivity index (χ0v) is 22.8. The summed E-state index contributed by atoms with van der Waals surface area (Å²) >= 11 is 12.7. The molecule has 0 bridgehead atoms. The molecule has 198 valence electrons. The molecule has 0 spiro atoms. The average molecular weight is 554 g/mol. The second-order valence-electron chi connectivity index (χ2n) is 8.52. The molecule has 2 aromatic carbocycles. The molecular formula is C27H29Cl2N7O2. The van der Waals surface area contributed by atoms with Crippen molar-refractivity contribution in [1.29, 1.82) is 0 Å². The minimum absolute atomic E-state index is 0.203. The van der Waals surface area contributed by atoms with Crippen LogP contribution in [0, 0.1) is 0 Å². The number of aromatic nitrogens is 1. The first kappa shape index (κ1) is 27.2. The number of aryl methyl sites for hydroxylation is 1. The average Bonchev–Trinajstić information content (AvgIpc) is 3.31. The van der Waals surface area contributed by atoms with Crippen molar-refractivity contribution in [2.24, 2.45) is 15.7 Å². The molecule has 1 aromatic heterocycles. The van der Waals surface area contributed by atoms with Crippen molar-refractivity contribution >= 4 is 58.4 Å². The van der Waals surface area contributed by atoms with Crippen molar-refractivity contribution < 1.29 is 9.21 Å². The van der Waals surface area contributed by atoms with Gasteiger partial charge in [0.1, 0.15) is 11.6 Å². The molecule has 0 saturated carbocycles. The number of aliphatic imine (C=N–C) groups is 2. The molecule has 3 aromatic rings. The Balaban J connectivity index is 1.66. The molecule has 1 unspecified atom stereocenters. The fourth-order valence-electron chi connectivity index (χ4n) is 4.06. The number of carbonyl (C=O) groups is 1. The van der Waals surface area contributed by atoms with Crippen molar-refractivity contribution in [3.63, 3.8) is 0 Å². The van der Waals surface area contributed by atoms with E-state index in [2.05, 4.69) is 32.9 Å². The van der Waals surface area contributed by atoms with Gasteiger partial charge in [0.25, 0.3) is 5.91 Å². The number of para-hydroxylation sites is 1. The van der Waals surface area contributed by atoms with Gasteiger partial charge >= 0.3 is 6.01 Å². The Labute approximate surface area is 230 Å². The number of allylic oxidation sites excluding steroid dienone is 1. The number of nitrogens with one attached hydrogen (secondary N) is 3. The number of nitrogens with zero attached hydrogens (tertiary/aromatic N) is 3. The molecule has 1 aliphatic heterocycles. The maximum absolute atomic E-state index is 13.4. The predicted molar refractivity (Wildman–Crippen MR) is 154 cm³/mol. The molecule has 1 aliphatic rings. The number of halogens is 2. The highest BCUT2D eigenvalue weighted by Crippen LogP contribution is 2.36. The van der Waals surface area contributed by atoms with E-state index in [1.54, 1.807) is 31.3 Å². The maximum atomic E-state index is 13.4. The summed E-state index contributed by atoms with van der Waals surface area (Å²) in [7, 11) is 0. The van der Waals surface area contributed by atoms with Crippen LogP contribution in [0.15, 0.2) is 73.8 Å². The Bertz CT molecular complexity index is 1470. The van der Waals surface area contributed by atoms with Gasteiger partial charge in [0.2, 0.25) is 5.96 Å². The van der Waals surface area contributed by atoms with Crippen LogP contribution in [0.4, 0.5) is 6.01 Å². The summed E-state index contributed by atoms with van der Waals surface area (Å²) in [4.78, 5) is 26.9. The zero-order valence-electron chi connectivity index (χ0n) is 21.3. The minimum atomic E-state index is -0.728. The number of guanidine groups is 1. The maximum Gasteiger partial charge on any atom is 0.302 e. The van der Waals surface area contributed by atoms with Gasteiger partial charge in [-0.15, -0.1) is 0 Å². The third kappa shape index (κ3) is 6.00. The lowest BCUT2D eigenvalue weighted by Crippen LogP contribution is -2.39. The number of benzene rings is 2. The normalized spacial score (nSPS) is 16.1. The van der Waals surface area contributed by atoms with Gasteiger partial charge in [-0.2, -0.15) is 4.98 Å². The Hall–Kier alpha value is -3.82. The Morgan fingerprint density at radius 2 is 2.08 bits per heavy atom. The molecule has 2 heterocycles. The number of oxazole rings is 1. The van der Waals surface area contributed by atoms with Gasteiger partial charge in [-0.05, 0) is 44.0 Å². The smallest absolute Gasteiger partial charge is 0.302 e. The van der Waals surface area contributed by atoms with Gasteiger partial charge in [0, 0.05) is 52.4 Å². The quantitative estimate of drug-likeness (QED) is 0.286. The van der Waals surface area contributed by atoms with Crippen molar-refractivity contribution in [1.82, 2.24) is 15.6 Å². The lowest BCUT2D eigenvalue weighted by atomic mass is 9.95. The number of rotatable bonds is 8. The first-order valence-corrected chi connectivity index (χ1v) is 12.9. The van der Waals surface area contributed by atoms with Gasteiger partial charge < -0.3 is 20.8 Å². The molecule has 1 amide bonds. The van der Waals surface area contributed by atoms with Crippen LogP contribution in [0.1, 0.15) is 37.9 Å². The number of amides is 1. The summed E-state index contributed by atoms with van der Waals surface area (Å²) in [5, 5.41) is 10.0. The predicted octanol–water partition coefficient (Wildman–Crippen LogP) is 5.13. The molecule has 11 heteroatoms. The fourth-order valence-corrected chi connectivity index (χ4v) is 4.57. The van der Waals surface area contributed by atoms with Crippen molar-refractivity contribution in [2.75, 3.05) is 18.4 Å². The number of hydrogen-bond acceptors (Lipinski definition) is 8. The van der Waals surface area contributed by atoms with Crippen molar-refractivity contribution in [3.05, 3.63) is 80.6 Å². The van der Waals surface area contributed by atoms with Crippen LogP contribution >= 0.6 is 23.2 Å². The van der Waals surface area contributed by atoms with Gasteiger partial charge in [-0.1, -0.05) is 48.3 Å². The van der Waals surface area contributed by atoms with E-state index in [4.69, 9.17) is 38.3 Å².